The SMILES string of the molecule is CC(C)C1CCC2C(C1)C1CCCC3C1C2C1CC(C(C)C)CC2CC4C(C)CC(C)C5C6C7CC8CCCCC8C7C(C7CCCCC7)C6C3(C21)C45. The molecule has 296 valence electrons. The highest BCUT2D eigenvalue weighted by Crippen LogP contribution is 2.87. The number of fused-ring (bicyclic) bond motifs is 10. The van der Waals surface area contributed by atoms with Crippen LogP contribution in [0.5, 0.6) is 0 Å². The summed E-state index contributed by atoms with van der Waals surface area (Å²) in [6.45, 7) is 16.3. The lowest BCUT2D eigenvalue weighted by molar-refractivity contribution is -0.254. The van der Waals surface area contributed by atoms with Gasteiger partial charge in [0.25, 0.3) is 0 Å². The molecule has 0 aliphatic heterocycles. The Bertz CT molecular complexity index is 1380. The van der Waals surface area contributed by atoms with E-state index in [4.69, 9.17) is 0 Å². The van der Waals surface area contributed by atoms with Gasteiger partial charge in [0.1, 0.15) is 0 Å². The molecule has 12 rings (SSSR count). The average Bonchev–Trinajstić information content (AvgIpc) is 3.88. The molecule has 0 nitrogen and oxygen atoms in total. The molecule has 0 N–H and O–H groups in total. The summed E-state index contributed by atoms with van der Waals surface area (Å²) >= 11 is 0. The molecular weight excluding hydrogens is 637 g/mol. The fourth-order valence-electron chi connectivity index (χ4n) is 23.4. The van der Waals surface area contributed by atoms with Crippen molar-refractivity contribution in [3.63, 3.8) is 0 Å². The monoisotopic (exact) mass is 721 g/mol. The third-order valence-corrected chi connectivity index (χ3v) is 23.9. The minimum absolute atomic E-state index is 0.736. The number of hydrogen-bond acceptors (Lipinski definition) is 0. The van der Waals surface area contributed by atoms with Gasteiger partial charge in [0.05, 0.1) is 0 Å². The zero-order valence-electron chi connectivity index (χ0n) is 35.7. The van der Waals surface area contributed by atoms with Gasteiger partial charge in [-0.25, -0.2) is 0 Å². The van der Waals surface area contributed by atoms with E-state index in [2.05, 4.69) is 41.5 Å². The summed E-state index contributed by atoms with van der Waals surface area (Å²) in [4.78, 5) is 0. The Morgan fingerprint density at radius 2 is 1.04 bits per heavy atom. The average molecular weight is 721 g/mol. The van der Waals surface area contributed by atoms with Crippen molar-refractivity contribution in [1.82, 2.24) is 0 Å². The van der Waals surface area contributed by atoms with Crippen molar-refractivity contribution in [3.05, 3.63) is 0 Å². The molecule has 0 saturated heterocycles. The smallest absolute Gasteiger partial charge is 0.0165 e. The maximum Gasteiger partial charge on any atom is -0.0165 e. The van der Waals surface area contributed by atoms with Crippen LogP contribution < -0.4 is 0 Å². The van der Waals surface area contributed by atoms with E-state index in [-0.39, 0.29) is 0 Å². The van der Waals surface area contributed by atoms with E-state index in [1.54, 1.807) is 128 Å². The van der Waals surface area contributed by atoms with Gasteiger partial charge in [0, 0.05) is 0 Å². The Morgan fingerprint density at radius 3 is 1.85 bits per heavy atom. The van der Waals surface area contributed by atoms with E-state index < -0.39 is 0 Å². The fourth-order valence-corrected chi connectivity index (χ4v) is 23.4. The molecule has 12 fully saturated rings. The van der Waals surface area contributed by atoms with E-state index >= 15 is 0 Å². The summed E-state index contributed by atoms with van der Waals surface area (Å²) in [7, 11) is 0. The predicted octanol–water partition coefficient (Wildman–Crippen LogP) is 14.1. The Labute approximate surface area is 328 Å². The van der Waals surface area contributed by atoms with Crippen molar-refractivity contribution in [2.75, 3.05) is 0 Å². The van der Waals surface area contributed by atoms with Crippen molar-refractivity contribution in [2.45, 2.75) is 170 Å². The highest BCUT2D eigenvalue weighted by molar-refractivity contribution is 5.30. The van der Waals surface area contributed by atoms with Gasteiger partial charge in [-0.2, -0.15) is 0 Å². The molecule has 0 aromatic heterocycles. The Morgan fingerprint density at radius 1 is 0.358 bits per heavy atom. The van der Waals surface area contributed by atoms with Crippen LogP contribution in [-0.2, 0) is 0 Å². The summed E-state index contributed by atoms with van der Waals surface area (Å²) in [5, 5.41) is 0. The molecule has 0 heteroatoms. The molecule has 0 amide bonds. The first-order chi connectivity index (χ1) is 25.8. The highest BCUT2D eigenvalue weighted by Gasteiger charge is 2.83. The van der Waals surface area contributed by atoms with Gasteiger partial charge in [-0.3, -0.25) is 0 Å². The number of rotatable bonds is 3. The first-order valence-electron chi connectivity index (χ1n) is 25.8. The first kappa shape index (κ1) is 35.0. The van der Waals surface area contributed by atoms with Gasteiger partial charge >= 0.3 is 0 Å². The van der Waals surface area contributed by atoms with E-state index in [0.717, 1.165) is 159 Å². The first-order valence-corrected chi connectivity index (χ1v) is 25.8. The largest absolute Gasteiger partial charge is 0.0625 e. The molecule has 12 saturated carbocycles. The van der Waals surface area contributed by atoms with Crippen LogP contribution in [0.4, 0.5) is 0 Å². The zero-order chi connectivity index (χ0) is 35.7. The molecule has 0 aromatic carbocycles. The van der Waals surface area contributed by atoms with Crippen LogP contribution in [0, 0.1) is 159 Å². The van der Waals surface area contributed by atoms with Crippen LogP contribution in [0.1, 0.15) is 170 Å². The van der Waals surface area contributed by atoms with Crippen molar-refractivity contribution >= 4 is 0 Å². The second-order valence-electron chi connectivity index (χ2n) is 25.4. The Balaban J connectivity index is 1.08. The predicted molar refractivity (Wildman–Crippen MR) is 220 cm³/mol. The Hall–Kier alpha value is 0. The molecular formula is C53H84. The van der Waals surface area contributed by atoms with Gasteiger partial charge in [0.2, 0.25) is 0 Å². The third kappa shape index (κ3) is 4.50. The van der Waals surface area contributed by atoms with Crippen molar-refractivity contribution in [3.8, 4) is 0 Å². The van der Waals surface area contributed by atoms with Crippen LogP contribution in [-0.4, -0.2) is 0 Å². The van der Waals surface area contributed by atoms with Gasteiger partial charge < -0.3 is 0 Å². The van der Waals surface area contributed by atoms with Crippen LogP contribution in [0.2, 0.25) is 0 Å². The quantitative estimate of drug-likeness (QED) is 0.272. The maximum absolute atomic E-state index is 2.89. The molecule has 0 heterocycles. The van der Waals surface area contributed by atoms with Crippen molar-refractivity contribution < 1.29 is 0 Å². The second kappa shape index (κ2) is 12.5. The fraction of sp³-hybridized carbons (Fsp3) is 1.00. The van der Waals surface area contributed by atoms with Crippen LogP contribution in [0.3, 0.4) is 0 Å². The van der Waals surface area contributed by atoms with E-state index in [0.29, 0.717) is 0 Å². The normalized spacial score (nSPS) is 61.9. The Kier molecular flexibility index (Phi) is 8.26. The topological polar surface area (TPSA) is 0 Å². The molecule has 0 aromatic rings. The standard InChI is InChI=1S/C53H84/c1-27(2)32-19-20-38-40(23-32)37-17-12-18-43-48(37)47(38)42-25-34(28(3)4)22-35-26-39-29(5)21-30(6)44-49-41-24-33-15-10-11-16-36(33)46(41)45(31-13-8-7-9-14-31)52(49)53(43,50(35)42)51(39)44/h27-52H,7-26H2,1-6H3. The van der Waals surface area contributed by atoms with Crippen molar-refractivity contribution in [2.24, 2.45) is 159 Å². The van der Waals surface area contributed by atoms with Gasteiger partial charge in [-0.1, -0.05) is 99.3 Å². The summed E-state index contributed by atoms with van der Waals surface area (Å²) in [6, 6.07) is 0. The molecule has 12 aliphatic carbocycles. The molecule has 1 spiro atoms. The minimum Gasteiger partial charge on any atom is -0.0625 e. The van der Waals surface area contributed by atoms with E-state index in [1.807, 2.05) is 0 Å². The highest BCUT2D eigenvalue weighted by atomic mass is 14.9. The summed E-state index contributed by atoms with van der Waals surface area (Å²) < 4.78 is 0. The van der Waals surface area contributed by atoms with E-state index in [9.17, 15) is 0 Å². The number of hydrogen-bond donors (Lipinski definition) is 0. The van der Waals surface area contributed by atoms with Crippen LogP contribution in [0.15, 0.2) is 0 Å². The summed E-state index contributed by atoms with van der Waals surface area (Å²) in [6.07, 6.45) is 32.6. The van der Waals surface area contributed by atoms with Crippen LogP contribution >= 0.6 is 0 Å². The van der Waals surface area contributed by atoms with Gasteiger partial charge in [-0.05, 0) is 230 Å². The van der Waals surface area contributed by atoms with Gasteiger partial charge in [-0.15, -0.1) is 0 Å². The minimum atomic E-state index is 0.736. The molecule has 12 aliphatic rings. The lowest BCUT2D eigenvalue weighted by Crippen LogP contribution is -2.68. The van der Waals surface area contributed by atoms with Crippen molar-refractivity contribution in [1.29, 1.82) is 0 Å². The second-order valence-corrected chi connectivity index (χ2v) is 25.4. The molecule has 24 atom stereocenters. The lowest BCUT2D eigenvalue weighted by Gasteiger charge is -2.73. The van der Waals surface area contributed by atoms with Gasteiger partial charge in [0.15, 0.2) is 0 Å². The van der Waals surface area contributed by atoms with E-state index in [1.165, 1.54) is 0 Å². The maximum atomic E-state index is 2.89. The molecule has 0 radical (unpaired) electrons. The molecule has 24 unspecified atom stereocenters. The van der Waals surface area contributed by atoms with Crippen LogP contribution in [0.25, 0.3) is 0 Å². The lowest BCUT2D eigenvalue weighted by atomic mass is 9.32. The third-order valence-electron chi connectivity index (χ3n) is 23.9. The zero-order valence-corrected chi connectivity index (χ0v) is 35.7. The molecule has 0 bridgehead atoms. The molecule has 53 heavy (non-hydrogen) atoms. The summed E-state index contributed by atoms with van der Waals surface area (Å²) in [5.74, 6) is 28.3. The summed E-state index contributed by atoms with van der Waals surface area (Å²) in [5.41, 5.74) is 0.736.